The Morgan fingerprint density at radius 2 is 2.18 bits per heavy atom. The molecule has 1 rings (SSSR count). The lowest BCUT2D eigenvalue weighted by Crippen LogP contribution is -2.24. The number of hydrogen-bond donors (Lipinski definition) is 0. The van der Waals surface area contributed by atoms with E-state index in [0.29, 0.717) is 0 Å². The average molecular weight is 239 g/mol. The van der Waals surface area contributed by atoms with Crippen molar-refractivity contribution < 1.29 is 14.5 Å². The molecule has 7 nitrogen and oxygen atoms in total. The number of hydrogen-bond acceptors (Lipinski definition) is 5. The lowest BCUT2D eigenvalue weighted by Gasteiger charge is -2.10. The maximum absolute atomic E-state index is 11.5. The molecule has 0 saturated heterocycles. The van der Waals surface area contributed by atoms with Crippen molar-refractivity contribution in [2.24, 2.45) is 0 Å². The van der Waals surface area contributed by atoms with Gasteiger partial charge < -0.3 is 9.64 Å². The molecule has 0 aliphatic carbocycles. The number of carbonyl (C=O) groups excluding carboxylic acids is 1. The van der Waals surface area contributed by atoms with Crippen LogP contribution in [0.4, 0.5) is 5.69 Å². The monoisotopic (exact) mass is 239 g/mol. The molecule has 0 spiro atoms. The number of aromatic nitrogens is 1. The summed E-state index contributed by atoms with van der Waals surface area (Å²) in [5.74, 6) is -0.00832. The molecule has 0 aliphatic rings. The highest BCUT2D eigenvalue weighted by atomic mass is 16.6. The second-order valence-electron chi connectivity index (χ2n) is 3.54. The van der Waals surface area contributed by atoms with Crippen LogP contribution in [0.3, 0.4) is 0 Å². The molecular weight excluding hydrogens is 226 g/mol. The Hall–Kier alpha value is -2.18. The summed E-state index contributed by atoms with van der Waals surface area (Å²) >= 11 is 0. The van der Waals surface area contributed by atoms with Crippen LogP contribution in [-0.4, -0.2) is 41.9 Å². The fourth-order valence-corrected chi connectivity index (χ4v) is 1.19. The van der Waals surface area contributed by atoms with Gasteiger partial charge >= 0.3 is 0 Å². The minimum absolute atomic E-state index is 0.105. The van der Waals surface area contributed by atoms with Crippen molar-refractivity contribution in [3.63, 3.8) is 0 Å². The summed E-state index contributed by atoms with van der Waals surface area (Å²) in [5, 5.41) is 10.8. The van der Waals surface area contributed by atoms with Gasteiger partial charge in [0, 0.05) is 26.2 Å². The van der Waals surface area contributed by atoms with E-state index in [9.17, 15) is 14.9 Å². The van der Waals surface area contributed by atoms with E-state index in [1.807, 2.05) is 0 Å². The minimum atomic E-state index is -0.565. The molecule has 0 aromatic carbocycles. The molecule has 0 N–H and O–H groups in total. The predicted molar refractivity (Wildman–Crippen MR) is 59.8 cm³/mol. The first-order chi connectivity index (χ1) is 7.95. The Labute approximate surface area is 98.2 Å². The van der Waals surface area contributed by atoms with Gasteiger partial charge in [0.25, 0.3) is 5.69 Å². The number of nitrogens with zero attached hydrogens (tertiary/aromatic N) is 3. The number of amides is 1. The quantitative estimate of drug-likeness (QED) is 0.568. The van der Waals surface area contributed by atoms with E-state index in [2.05, 4.69) is 4.98 Å². The standard InChI is InChI=1S/C10H13N3O4/c1-12(2)10(14)6-7-8(13(15)16)4-5-9(11-7)17-3/h4-5H,6H2,1-3H3. The summed E-state index contributed by atoms with van der Waals surface area (Å²) in [5.41, 5.74) is -0.0750. The molecule has 92 valence electrons. The third-order valence-electron chi connectivity index (χ3n) is 2.15. The normalized spacial score (nSPS) is 9.82. The highest BCUT2D eigenvalue weighted by Crippen LogP contribution is 2.20. The second-order valence-corrected chi connectivity index (χ2v) is 3.54. The lowest BCUT2D eigenvalue weighted by molar-refractivity contribution is -0.385. The first-order valence-corrected chi connectivity index (χ1v) is 4.84. The number of nitro groups is 1. The molecule has 1 aromatic rings. The lowest BCUT2D eigenvalue weighted by atomic mass is 10.2. The fourth-order valence-electron chi connectivity index (χ4n) is 1.19. The van der Waals surface area contributed by atoms with Crippen LogP contribution in [0.2, 0.25) is 0 Å². The van der Waals surface area contributed by atoms with Crippen molar-refractivity contribution in [2.75, 3.05) is 21.2 Å². The third-order valence-corrected chi connectivity index (χ3v) is 2.15. The Balaban J connectivity index is 3.09. The van der Waals surface area contributed by atoms with Gasteiger partial charge in [0.05, 0.1) is 18.5 Å². The van der Waals surface area contributed by atoms with Gasteiger partial charge in [-0.05, 0) is 0 Å². The van der Waals surface area contributed by atoms with Crippen LogP contribution in [0.15, 0.2) is 12.1 Å². The third kappa shape index (κ3) is 3.13. The molecule has 0 fully saturated rings. The second kappa shape index (κ2) is 5.24. The number of ether oxygens (including phenoxy) is 1. The van der Waals surface area contributed by atoms with E-state index in [-0.39, 0.29) is 29.6 Å². The van der Waals surface area contributed by atoms with E-state index < -0.39 is 4.92 Å². The van der Waals surface area contributed by atoms with Crippen LogP contribution in [-0.2, 0) is 11.2 Å². The SMILES string of the molecule is COc1ccc([N+](=O)[O-])c(CC(=O)N(C)C)n1. The molecule has 0 saturated carbocycles. The summed E-state index contributed by atoms with van der Waals surface area (Å²) in [6.45, 7) is 0. The molecular formula is C10H13N3O4. The van der Waals surface area contributed by atoms with Crippen LogP contribution in [0.1, 0.15) is 5.69 Å². The highest BCUT2D eigenvalue weighted by Gasteiger charge is 2.19. The molecule has 0 radical (unpaired) electrons. The zero-order chi connectivity index (χ0) is 13.0. The first-order valence-electron chi connectivity index (χ1n) is 4.84. The fraction of sp³-hybridized carbons (Fsp3) is 0.400. The van der Waals surface area contributed by atoms with Crippen LogP contribution in [0.25, 0.3) is 0 Å². The van der Waals surface area contributed by atoms with Crippen LogP contribution in [0.5, 0.6) is 5.88 Å². The molecule has 0 aliphatic heterocycles. The molecule has 0 atom stereocenters. The number of rotatable bonds is 4. The molecule has 0 unspecified atom stereocenters. The summed E-state index contributed by atoms with van der Waals surface area (Å²) in [7, 11) is 4.56. The average Bonchev–Trinajstić information content (AvgIpc) is 2.28. The molecule has 7 heteroatoms. The zero-order valence-electron chi connectivity index (χ0n) is 9.84. The minimum Gasteiger partial charge on any atom is -0.481 e. The molecule has 1 amide bonds. The number of methoxy groups -OCH3 is 1. The predicted octanol–water partition coefficient (Wildman–Crippen LogP) is 0.629. The Kier molecular flexibility index (Phi) is 3.97. The Morgan fingerprint density at radius 3 is 2.65 bits per heavy atom. The Morgan fingerprint density at radius 1 is 1.53 bits per heavy atom. The van der Waals surface area contributed by atoms with Gasteiger partial charge in [0.15, 0.2) is 0 Å². The highest BCUT2D eigenvalue weighted by molar-refractivity contribution is 5.78. The number of carbonyl (C=O) groups is 1. The van der Waals surface area contributed by atoms with Crippen LogP contribution in [0, 0.1) is 10.1 Å². The van der Waals surface area contributed by atoms with Gasteiger partial charge in [-0.25, -0.2) is 4.98 Å². The number of pyridine rings is 1. The van der Waals surface area contributed by atoms with Gasteiger partial charge in [0.2, 0.25) is 11.8 Å². The van der Waals surface area contributed by atoms with Crippen LogP contribution >= 0.6 is 0 Å². The maximum Gasteiger partial charge on any atom is 0.291 e. The Bertz CT molecular complexity index is 445. The van der Waals surface area contributed by atoms with Gasteiger partial charge in [0.1, 0.15) is 5.69 Å². The van der Waals surface area contributed by atoms with E-state index in [1.54, 1.807) is 14.1 Å². The summed E-state index contributed by atoms with van der Waals surface area (Å²) in [6.07, 6.45) is -0.124. The van der Waals surface area contributed by atoms with Crippen molar-refractivity contribution in [1.29, 1.82) is 0 Å². The van der Waals surface area contributed by atoms with Gasteiger partial charge in [-0.15, -0.1) is 0 Å². The maximum atomic E-state index is 11.5. The largest absolute Gasteiger partial charge is 0.481 e. The molecule has 0 bridgehead atoms. The molecule has 1 aromatic heterocycles. The van der Waals surface area contributed by atoms with Crippen molar-refractivity contribution >= 4 is 11.6 Å². The van der Waals surface area contributed by atoms with E-state index in [4.69, 9.17) is 4.74 Å². The molecule has 1 heterocycles. The van der Waals surface area contributed by atoms with Gasteiger partial charge in [-0.3, -0.25) is 14.9 Å². The topological polar surface area (TPSA) is 85.6 Å². The first kappa shape index (κ1) is 12.9. The van der Waals surface area contributed by atoms with Gasteiger partial charge in [-0.1, -0.05) is 0 Å². The van der Waals surface area contributed by atoms with E-state index in [1.165, 1.54) is 24.1 Å². The summed E-state index contributed by atoms with van der Waals surface area (Å²) in [6, 6.07) is 2.67. The van der Waals surface area contributed by atoms with Crippen molar-refractivity contribution in [3.8, 4) is 5.88 Å². The van der Waals surface area contributed by atoms with Crippen molar-refractivity contribution in [2.45, 2.75) is 6.42 Å². The molecule has 17 heavy (non-hydrogen) atoms. The van der Waals surface area contributed by atoms with Crippen LogP contribution < -0.4 is 4.74 Å². The smallest absolute Gasteiger partial charge is 0.291 e. The zero-order valence-corrected chi connectivity index (χ0v) is 9.84. The summed E-state index contributed by atoms with van der Waals surface area (Å²) < 4.78 is 4.87. The van der Waals surface area contributed by atoms with Crippen molar-refractivity contribution in [1.82, 2.24) is 9.88 Å². The number of likely N-dealkylation sites (N-methyl/N-ethyl adjacent to an activating group) is 1. The summed E-state index contributed by atoms with van der Waals surface area (Å²) in [4.78, 5) is 27.0. The van der Waals surface area contributed by atoms with E-state index >= 15 is 0 Å². The van der Waals surface area contributed by atoms with E-state index in [0.717, 1.165) is 0 Å². The van der Waals surface area contributed by atoms with Gasteiger partial charge in [-0.2, -0.15) is 0 Å². The van der Waals surface area contributed by atoms with Crippen molar-refractivity contribution in [3.05, 3.63) is 27.9 Å².